The number of hydrogen-bond acceptors (Lipinski definition) is 5. The van der Waals surface area contributed by atoms with Gasteiger partial charge in [0.05, 0.1) is 0 Å². The number of anilines is 2. The average molecular weight is 263 g/mol. The number of hydrazine groups is 1. The maximum atomic E-state index is 5.54. The fourth-order valence-corrected chi connectivity index (χ4v) is 3.08. The highest BCUT2D eigenvalue weighted by Gasteiger charge is 2.25. The highest BCUT2D eigenvalue weighted by Crippen LogP contribution is 2.31. The lowest BCUT2D eigenvalue weighted by Gasteiger charge is -2.35. The highest BCUT2D eigenvalue weighted by molar-refractivity contribution is 5.58. The number of rotatable bonds is 4. The first kappa shape index (κ1) is 14.1. The summed E-state index contributed by atoms with van der Waals surface area (Å²) in [5.74, 6) is 8.10. The SMILES string of the molecule is CCc1c(NN)ncnc1N(C)C1CCCC(C)C1. The number of nitrogen functional groups attached to an aromatic ring is 1. The van der Waals surface area contributed by atoms with E-state index >= 15 is 0 Å². The quantitative estimate of drug-likeness (QED) is 0.644. The molecule has 2 unspecified atom stereocenters. The van der Waals surface area contributed by atoms with Crippen LogP contribution < -0.4 is 16.2 Å². The van der Waals surface area contributed by atoms with Crippen molar-refractivity contribution in [3.8, 4) is 0 Å². The van der Waals surface area contributed by atoms with Crippen molar-refractivity contribution in [1.29, 1.82) is 0 Å². The van der Waals surface area contributed by atoms with Gasteiger partial charge < -0.3 is 10.3 Å². The van der Waals surface area contributed by atoms with Gasteiger partial charge in [-0.1, -0.05) is 26.7 Å². The molecule has 0 saturated heterocycles. The Morgan fingerprint density at radius 1 is 1.42 bits per heavy atom. The molecule has 0 amide bonds. The molecule has 1 saturated carbocycles. The largest absolute Gasteiger partial charge is 0.356 e. The van der Waals surface area contributed by atoms with Crippen molar-refractivity contribution < 1.29 is 0 Å². The van der Waals surface area contributed by atoms with Gasteiger partial charge in [0.25, 0.3) is 0 Å². The Morgan fingerprint density at radius 3 is 2.84 bits per heavy atom. The van der Waals surface area contributed by atoms with E-state index in [0.717, 1.165) is 29.5 Å². The van der Waals surface area contributed by atoms with Crippen molar-refractivity contribution >= 4 is 11.6 Å². The Bertz CT molecular complexity index is 420. The molecule has 1 aliphatic rings. The zero-order valence-electron chi connectivity index (χ0n) is 12.2. The van der Waals surface area contributed by atoms with E-state index in [1.165, 1.54) is 25.7 Å². The molecule has 1 heterocycles. The van der Waals surface area contributed by atoms with E-state index in [9.17, 15) is 0 Å². The van der Waals surface area contributed by atoms with Gasteiger partial charge in [0, 0.05) is 18.7 Å². The second-order valence-corrected chi connectivity index (χ2v) is 5.56. The van der Waals surface area contributed by atoms with E-state index in [1.807, 2.05) is 0 Å². The van der Waals surface area contributed by atoms with Crippen molar-refractivity contribution in [3.63, 3.8) is 0 Å². The van der Waals surface area contributed by atoms with Crippen LogP contribution in [-0.2, 0) is 6.42 Å². The van der Waals surface area contributed by atoms with E-state index in [2.05, 4.69) is 41.2 Å². The average Bonchev–Trinajstić information content (AvgIpc) is 2.45. The Morgan fingerprint density at radius 2 is 2.21 bits per heavy atom. The molecule has 5 nitrogen and oxygen atoms in total. The second-order valence-electron chi connectivity index (χ2n) is 5.56. The van der Waals surface area contributed by atoms with Crippen LogP contribution >= 0.6 is 0 Å². The van der Waals surface area contributed by atoms with Crippen molar-refractivity contribution in [2.75, 3.05) is 17.4 Å². The predicted molar refractivity (Wildman–Crippen MR) is 79.0 cm³/mol. The van der Waals surface area contributed by atoms with E-state index < -0.39 is 0 Å². The normalized spacial score (nSPS) is 23.2. The summed E-state index contributed by atoms with van der Waals surface area (Å²) in [7, 11) is 2.14. The fraction of sp³-hybridized carbons (Fsp3) is 0.714. The third kappa shape index (κ3) is 2.97. The van der Waals surface area contributed by atoms with E-state index in [0.29, 0.717) is 6.04 Å². The summed E-state index contributed by atoms with van der Waals surface area (Å²) in [5, 5.41) is 0. The van der Waals surface area contributed by atoms with Crippen LogP contribution in [-0.4, -0.2) is 23.1 Å². The van der Waals surface area contributed by atoms with Crippen molar-refractivity contribution in [3.05, 3.63) is 11.9 Å². The maximum Gasteiger partial charge on any atom is 0.148 e. The van der Waals surface area contributed by atoms with Crippen LogP contribution in [0.3, 0.4) is 0 Å². The van der Waals surface area contributed by atoms with Gasteiger partial charge in [0.15, 0.2) is 0 Å². The summed E-state index contributed by atoms with van der Waals surface area (Å²) in [6.45, 7) is 4.45. The van der Waals surface area contributed by atoms with E-state index in [-0.39, 0.29) is 0 Å². The Hall–Kier alpha value is -1.36. The molecule has 2 atom stereocenters. The van der Waals surface area contributed by atoms with Crippen molar-refractivity contribution in [2.24, 2.45) is 11.8 Å². The molecule has 0 aromatic carbocycles. The summed E-state index contributed by atoms with van der Waals surface area (Å²) in [6.07, 6.45) is 7.62. The van der Waals surface area contributed by atoms with Gasteiger partial charge in [-0.05, 0) is 25.2 Å². The fourth-order valence-electron chi connectivity index (χ4n) is 3.08. The van der Waals surface area contributed by atoms with Crippen LogP contribution in [0.5, 0.6) is 0 Å². The Labute approximate surface area is 115 Å². The van der Waals surface area contributed by atoms with Crippen LogP contribution in [0.25, 0.3) is 0 Å². The minimum atomic E-state index is 0.578. The van der Waals surface area contributed by atoms with Crippen molar-refractivity contribution in [2.45, 2.75) is 52.0 Å². The molecule has 106 valence electrons. The molecular weight excluding hydrogens is 238 g/mol. The molecule has 0 aliphatic heterocycles. The molecule has 5 heteroatoms. The van der Waals surface area contributed by atoms with Gasteiger partial charge in [-0.2, -0.15) is 0 Å². The summed E-state index contributed by atoms with van der Waals surface area (Å²) in [6, 6.07) is 0.578. The Balaban J connectivity index is 2.25. The lowest BCUT2D eigenvalue weighted by molar-refractivity contribution is 0.335. The van der Waals surface area contributed by atoms with Crippen LogP contribution in [0.2, 0.25) is 0 Å². The molecule has 0 radical (unpaired) electrons. The first-order chi connectivity index (χ1) is 9.17. The molecule has 3 N–H and O–H groups in total. The summed E-state index contributed by atoms with van der Waals surface area (Å²) in [4.78, 5) is 11.0. The third-order valence-electron chi connectivity index (χ3n) is 4.20. The molecule has 2 rings (SSSR count). The van der Waals surface area contributed by atoms with Crippen LogP contribution in [0.4, 0.5) is 11.6 Å². The molecular formula is C14H25N5. The number of nitrogens with one attached hydrogen (secondary N) is 1. The van der Waals surface area contributed by atoms with E-state index in [1.54, 1.807) is 6.33 Å². The second kappa shape index (κ2) is 6.19. The first-order valence-electron chi connectivity index (χ1n) is 7.20. The molecule has 0 spiro atoms. The smallest absolute Gasteiger partial charge is 0.148 e. The summed E-state index contributed by atoms with van der Waals surface area (Å²) >= 11 is 0. The van der Waals surface area contributed by atoms with Gasteiger partial charge in [0.1, 0.15) is 18.0 Å². The first-order valence-corrected chi connectivity index (χ1v) is 7.20. The number of nitrogens with two attached hydrogens (primary N) is 1. The van der Waals surface area contributed by atoms with Crippen LogP contribution in [0.15, 0.2) is 6.33 Å². The van der Waals surface area contributed by atoms with Gasteiger partial charge in [-0.15, -0.1) is 0 Å². The lowest BCUT2D eigenvalue weighted by Crippen LogP contribution is -2.37. The number of aromatic nitrogens is 2. The minimum Gasteiger partial charge on any atom is -0.356 e. The standard InChI is InChI=1S/C14H25N5/c1-4-12-13(18-15)16-9-17-14(12)19(3)11-7-5-6-10(2)8-11/h9-11H,4-8,15H2,1-3H3,(H,16,17,18). The van der Waals surface area contributed by atoms with Crippen LogP contribution in [0.1, 0.15) is 45.1 Å². The highest BCUT2D eigenvalue weighted by atomic mass is 15.3. The molecule has 1 aliphatic carbocycles. The number of hydrogen-bond donors (Lipinski definition) is 2. The molecule has 1 aromatic heterocycles. The molecule has 1 fully saturated rings. The third-order valence-corrected chi connectivity index (χ3v) is 4.20. The topological polar surface area (TPSA) is 67.1 Å². The van der Waals surface area contributed by atoms with Crippen LogP contribution in [0, 0.1) is 5.92 Å². The Kier molecular flexibility index (Phi) is 4.58. The molecule has 1 aromatic rings. The van der Waals surface area contributed by atoms with Crippen molar-refractivity contribution in [1.82, 2.24) is 9.97 Å². The van der Waals surface area contributed by atoms with Gasteiger partial charge in [-0.3, -0.25) is 0 Å². The summed E-state index contributed by atoms with van der Waals surface area (Å²) in [5.41, 5.74) is 3.78. The molecule has 0 bridgehead atoms. The van der Waals surface area contributed by atoms with E-state index in [4.69, 9.17) is 5.84 Å². The zero-order valence-corrected chi connectivity index (χ0v) is 12.2. The van der Waals surface area contributed by atoms with Gasteiger partial charge in [-0.25, -0.2) is 15.8 Å². The monoisotopic (exact) mass is 263 g/mol. The maximum absolute atomic E-state index is 5.54. The summed E-state index contributed by atoms with van der Waals surface area (Å²) < 4.78 is 0. The van der Waals surface area contributed by atoms with Gasteiger partial charge >= 0.3 is 0 Å². The van der Waals surface area contributed by atoms with Gasteiger partial charge in [0.2, 0.25) is 0 Å². The number of nitrogens with zero attached hydrogens (tertiary/aromatic N) is 3. The zero-order chi connectivity index (χ0) is 13.8. The molecule has 19 heavy (non-hydrogen) atoms. The minimum absolute atomic E-state index is 0.578. The predicted octanol–water partition coefficient (Wildman–Crippen LogP) is 2.34. The lowest BCUT2D eigenvalue weighted by atomic mass is 9.86.